The largest absolute Gasteiger partial charge is 0.355 e. The van der Waals surface area contributed by atoms with Gasteiger partial charge in [0.2, 0.25) is 0 Å². The average Bonchev–Trinajstić information content (AvgIpc) is 3.22. The molecule has 0 bridgehead atoms. The Hall–Kier alpha value is -1.95. The van der Waals surface area contributed by atoms with Gasteiger partial charge in [-0.15, -0.1) is 5.10 Å². The van der Waals surface area contributed by atoms with Crippen molar-refractivity contribution >= 4 is 5.82 Å². The van der Waals surface area contributed by atoms with Crippen molar-refractivity contribution in [2.75, 3.05) is 18.0 Å². The summed E-state index contributed by atoms with van der Waals surface area (Å²) in [7, 11) is 0. The lowest BCUT2D eigenvalue weighted by Gasteiger charge is -2.37. The van der Waals surface area contributed by atoms with E-state index in [2.05, 4.69) is 36.4 Å². The number of piperidine rings is 1. The topological polar surface area (TPSA) is 69.7 Å². The van der Waals surface area contributed by atoms with E-state index in [1.165, 1.54) is 32.1 Å². The van der Waals surface area contributed by atoms with Crippen LogP contribution in [0.3, 0.4) is 0 Å². The fourth-order valence-corrected chi connectivity index (χ4v) is 4.34. The quantitative estimate of drug-likeness (QED) is 0.875. The van der Waals surface area contributed by atoms with Gasteiger partial charge in [0, 0.05) is 37.7 Å². The monoisotopic (exact) mass is 340 g/mol. The molecule has 1 aliphatic carbocycles. The predicted octanol–water partition coefficient (Wildman–Crippen LogP) is 3.08. The van der Waals surface area contributed by atoms with Gasteiger partial charge in [0.25, 0.3) is 0 Å². The number of aromatic amines is 1. The molecule has 4 rings (SSSR count). The molecule has 1 saturated carbocycles. The van der Waals surface area contributed by atoms with Gasteiger partial charge in [0.1, 0.15) is 5.82 Å². The third kappa shape index (κ3) is 4.00. The fourth-order valence-electron chi connectivity index (χ4n) is 4.34. The van der Waals surface area contributed by atoms with Crippen molar-refractivity contribution in [3.63, 3.8) is 0 Å². The van der Waals surface area contributed by atoms with Crippen LogP contribution >= 0.6 is 0 Å². The molecule has 1 atom stereocenters. The molecule has 134 valence electrons. The van der Waals surface area contributed by atoms with Crippen LogP contribution in [0.25, 0.3) is 0 Å². The molecule has 6 heteroatoms. The van der Waals surface area contributed by atoms with Crippen LogP contribution in [0, 0.1) is 5.92 Å². The summed E-state index contributed by atoms with van der Waals surface area (Å²) < 4.78 is 0. The molecule has 0 amide bonds. The zero-order valence-electron chi connectivity index (χ0n) is 14.8. The van der Waals surface area contributed by atoms with Crippen molar-refractivity contribution in [2.24, 2.45) is 5.92 Å². The number of nitrogens with zero attached hydrogens (tertiary/aromatic N) is 4. The Morgan fingerprint density at radius 3 is 2.60 bits per heavy atom. The average molecular weight is 340 g/mol. The van der Waals surface area contributed by atoms with Crippen LogP contribution < -0.4 is 10.2 Å². The van der Waals surface area contributed by atoms with Crippen LogP contribution in [0.15, 0.2) is 30.7 Å². The summed E-state index contributed by atoms with van der Waals surface area (Å²) in [4.78, 5) is 10.3. The number of hydrogen-bond donors (Lipinski definition) is 2. The summed E-state index contributed by atoms with van der Waals surface area (Å²) in [6.07, 6.45) is 14.6. The van der Waals surface area contributed by atoms with Gasteiger partial charge < -0.3 is 15.2 Å². The minimum Gasteiger partial charge on any atom is -0.355 e. The second-order valence-electron chi connectivity index (χ2n) is 7.36. The van der Waals surface area contributed by atoms with E-state index in [1.807, 2.05) is 18.5 Å². The van der Waals surface area contributed by atoms with E-state index in [-0.39, 0.29) is 0 Å². The Balaban J connectivity index is 1.38. The minimum atomic E-state index is 0.364. The molecule has 1 unspecified atom stereocenters. The minimum absolute atomic E-state index is 0.364. The highest BCUT2D eigenvalue weighted by molar-refractivity contribution is 5.36. The van der Waals surface area contributed by atoms with E-state index in [0.29, 0.717) is 18.0 Å². The molecule has 0 radical (unpaired) electrons. The van der Waals surface area contributed by atoms with Gasteiger partial charge in [-0.3, -0.25) is 0 Å². The van der Waals surface area contributed by atoms with E-state index in [0.717, 1.165) is 37.6 Å². The summed E-state index contributed by atoms with van der Waals surface area (Å²) in [6, 6.07) is 4.92. The van der Waals surface area contributed by atoms with Gasteiger partial charge in [-0.25, -0.2) is 4.98 Å². The summed E-state index contributed by atoms with van der Waals surface area (Å²) >= 11 is 0. The van der Waals surface area contributed by atoms with Gasteiger partial charge in [-0.2, -0.15) is 5.10 Å². The number of H-pyrrole nitrogens is 1. The number of aromatic nitrogens is 4. The van der Waals surface area contributed by atoms with Crippen molar-refractivity contribution in [3.8, 4) is 0 Å². The van der Waals surface area contributed by atoms with E-state index < -0.39 is 0 Å². The van der Waals surface area contributed by atoms with Crippen LogP contribution in [0.1, 0.15) is 56.8 Å². The van der Waals surface area contributed by atoms with Gasteiger partial charge >= 0.3 is 0 Å². The van der Waals surface area contributed by atoms with Crippen molar-refractivity contribution < 1.29 is 0 Å². The normalized spacial score (nSPS) is 21.4. The van der Waals surface area contributed by atoms with Crippen LogP contribution in [0.4, 0.5) is 5.82 Å². The number of hydrogen-bond acceptors (Lipinski definition) is 5. The maximum Gasteiger partial charge on any atom is 0.151 e. The molecule has 6 nitrogen and oxygen atoms in total. The third-order valence-corrected chi connectivity index (χ3v) is 5.73. The van der Waals surface area contributed by atoms with Crippen molar-refractivity contribution in [1.29, 1.82) is 0 Å². The van der Waals surface area contributed by atoms with Gasteiger partial charge in [-0.1, -0.05) is 19.3 Å². The lowest BCUT2D eigenvalue weighted by molar-refractivity contribution is 0.234. The highest BCUT2D eigenvalue weighted by Crippen LogP contribution is 2.34. The second kappa shape index (κ2) is 7.95. The molecule has 2 fully saturated rings. The second-order valence-corrected chi connectivity index (χ2v) is 7.36. The van der Waals surface area contributed by atoms with E-state index in [9.17, 15) is 0 Å². The highest BCUT2D eigenvalue weighted by atomic mass is 15.3. The first-order chi connectivity index (χ1) is 12.4. The number of anilines is 1. The molecule has 1 saturated heterocycles. The molecular formula is C19H28N6. The van der Waals surface area contributed by atoms with Gasteiger partial charge in [-0.05, 0) is 43.7 Å². The summed E-state index contributed by atoms with van der Waals surface area (Å²) in [5, 5.41) is 12.2. The molecule has 2 aromatic heterocycles. The molecule has 2 aliphatic rings. The van der Waals surface area contributed by atoms with E-state index in [1.54, 1.807) is 6.20 Å². The predicted molar refractivity (Wildman–Crippen MR) is 98.3 cm³/mol. The first kappa shape index (κ1) is 16.5. The van der Waals surface area contributed by atoms with Crippen LogP contribution in [0.5, 0.6) is 0 Å². The smallest absolute Gasteiger partial charge is 0.151 e. The molecule has 3 heterocycles. The standard InChI is InChI=1S/C19H28N6/c1-2-5-15(6-3-1)18(19-20-11-12-21-19)23-16-8-13-25(14-9-16)17-7-4-10-22-24-17/h4,7,10-12,15-16,18,23H,1-3,5-6,8-9,13-14H2,(H,20,21). The first-order valence-corrected chi connectivity index (χ1v) is 9.68. The number of nitrogens with one attached hydrogen (secondary N) is 2. The molecule has 0 spiro atoms. The SMILES string of the molecule is c1cnnc(N2CCC(NC(c3ncc[nH]3)C3CCCCC3)CC2)c1. The molecule has 1 aliphatic heterocycles. The molecule has 2 aromatic rings. The molecule has 2 N–H and O–H groups in total. The zero-order valence-corrected chi connectivity index (χ0v) is 14.8. The number of imidazole rings is 1. The maximum absolute atomic E-state index is 4.57. The Morgan fingerprint density at radius 2 is 1.92 bits per heavy atom. The Kier molecular flexibility index (Phi) is 5.25. The number of rotatable bonds is 5. The Morgan fingerprint density at radius 1 is 1.08 bits per heavy atom. The third-order valence-electron chi connectivity index (χ3n) is 5.73. The maximum atomic E-state index is 4.57. The van der Waals surface area contributed by atoms with Gasteiger partial charge in [0.05, 0.1) is 6.04 Å². The van der Waals surface area contributed by atoms with Crippen molar-refractivity contribution in [1.82, 2.24) is 25.5 Å². The zero-order chi connectivity index (χ0) is 16.9. The fraction of sp³-hybridized carbons (Fsp3) is 0.632. The summed E-state index contributed by atoms with van der Waals surface area (Å²) in [5.74, 6) is 2.82. The van der Waals surface area contributed by atoms with Crippen molar-refractivity contribution in [2.45, 2.75) is 57.0 Å². The lowest BCUT2D eigenvalue weighted by Crippen LogP contribution is -2.45. The van der Waals surface area contributed by atoms with Crippen LogP contribution in [-0.4, -0.2) is 39.3 Å². The Bertz CT molecular complexity index is 615. The van der Waals surface area contributed by atoms with Crippen LogP contribution in [0.2, 0.25) is 0 Å². The Labute approximate surface area is 149 Å². The van der Waals surface area contributed by atoms with Crippen molar-refractivity contribution in [3.05, 3.63) is 36.5 Å². The van der Waals surface area contributed by atoms with E-state index in [4.69, 9.17) is 0 Å². The van der Waals surface area contributed by atoms with Crippen LogP contribution in [-0.2, 0) is 0 Å². The summed E-state index contributed by atoms with van der Waals surface area (Å²) in [6.45, 7) is 2.07. The molecular weight excluding hydrogens is 312 g/mol. The van der Waals surface area contributed by atoms with E-state index >= 15 is 0 Å². The molecule has 25 heavy (non-hydrogen) atoms. The summed E-state index contributed by atoms with van der Waals surface area (Å²) in [5.41, 5.74) is 0. The highest BCUT2D eigenvalue weighted by Gasteiger charge is 2.30. The first-order valence-electron chi connectivity index (χ1n) is 9.68. The lowest BCUT2D eigenvalue weighted by atomic mass is 9.83. The molecule has 0 aromatic carbocycles. The van der Waals surface area contributed by atoms with Gasteiger partial charge in [0.15, 0.2) is 5.82 Å².